The molecule has 1 saturated heterocycles. The maximum atomic E-state index is 14.3. The van der Waals surface area contributed by atoms with Gasteiger partial charge >= 0.3 is 18.4 Å². The number of carbonyl (C=O) groups excluding carboxylic acids is 3. The lowest BCUT2D eigenvalue weighted by Crippen LogP contribution is -2.58. The average molecular weight is 503 g/mol. The molecule has 1 saturated carbocycles. The summed E-state index contributed by atoms with van der Waals surface area (Å²) >= 11 is 0. The molecule has 2 fully saturated rings. The monoisotopic (exact) mass is 503 g/mol. The number of hydrogen-bond donors (Lipinski definition) is 3. The number of hydrogen-bond acceptors (Lipinski definition) is 4. The third-order valence-corrected chi connectivity index (χ3v) is 6.03. The van der Waals surface area contributed by atoms with Crippen LogP contribution in [0.2, 0.25) is 0 Å². The molecule has 0 radical (unpaired) electrons. The lowest BCUT2D eigenvalue weighted by molar-refractivity contribution is -0.274. The maximum absolute atomic E-state index is 14.3. The second-order valence-corrected chi connectivity index (χ2v) is 8.69. The van der Waals surface area contributed by atoms with Gasteiger partial charge in [0, 0.05) is 57.8 Å². The van der Waals surface area contributed by atoms with Crippen LogP contribution in [0.1, 0.15) is 31.2 Å². The van der Waals surface area contributed by atoms with Gasteiger partial charge in [-0.1, -0.05) is 6.07 Å². The summed E-state index contributed by atoms with van der Waals surface area (Å²) in [5.74, 6) is -1.95. The lowest BCUT2D eigenvalue weighted by atomic mass is 9.90. The largest absolute Gasteiger partial charge is 0.573 e. The van der Waals surface area contributed by atoms with Gasteiger partial charge in [-0.25, -0.2) is 14.0 Å². The van der Waals surface area contributed by atoms with Gasteiger partial charge in [0.1, 0.15) is 11.6 Å². The van der Waals surface area contributed by atoms with Crippen LogP contribution in [0.15, 0.2) is 18.2 Å². The molecule has 5 amide bonds. The van der Waals surface area contributed by atoms with Gasteiger partial charge in [-0.05, 0) is 31.2 Å². The highest BCUT2D eigenvalue weighted by molar-refractivity contribution is 5.78. The zero-order valence-corrected chi connectivity index (χ0v) is 19.5. The van der Waals surface area contributed by atoms with Crippen molar-refractivity contribution in [1.29, 1.82) is 0 Å². The highest BCUT2D eigenvalue weighted by Crippen LogP contribution is 2.33. The molecule has 1 aromatic rings. The lowest BCUT2D eigenvalue weighted by Gasteiger charge is -2.42. The predicted molar refractivity (Wildman–Crippen MR) is 117 cm³/mol. The molecule has 1 aliphatic heterocycles. The van der Waals surface area contributed by atoms with E-state index >= 15 is 0 Å². The van der Waals surface area contributed by atoms with E-state index in [2.05, 4.69) is 20.7 Å². The van der Waals surface area contributed by atoms with Crippen molar-refractivity contribution in [3.8, 4) is 5.75 Å². The number of alkyl halides is 3. The summed E-state index contributed by atoms with van der Waals surface area (Å²) in [5, 5.41) is 7.78. The van der Waals surface area contributed by atoms with Crippen LogP contribution in [0.5, 0.6) is 5.75 Å². The molecule has 0 spiro atoms. The second kappa shape index (κ2) is 11.0. The fraction of sp³-hybridized carbons (Fsp3) is 0.591. The molecule has 9 nitrogen and oxygen atoms in total. The number of nitrogens with one attached hydrogen (secondary N) is 3. The third-order valence-electron chi connectivity index (χ3n) is 6.03. The van der Waals surface area contributed by atoms with Gasteiger partial charge in [0.2, 0.25) is 5.91 Å². The Morgan fingerprint density at radius 1 is 1.11 bits per heavy atom. The Morgan fingerprint density at radius 2 is 1.83 bits per heavy atom. The molecular formula is C22H29F4N5O4. The van der Waals surface area contributed by atoms with Crippen molar-refractivity contribution in [2.45, 2.75) is 50.7 Å². The van der Waals surface area contributed by atoms with E-state index in [-0.39, 0.29) is 55.0 Å². The van der Waals surface area contributed by atoms with Crippen molar-refractivity contribution >= 4 is 18.0 Å². The summed E-state index contributed by atoms with van der Waals surface area (Å²) in [5.41, 5.74) is -0.00301. The Labute approximate surface area is 200 Å². The van der Waals surface area contributed by atoms with Gasteiger partial charge in [-0.15, -0.1) is 13.2 Å². The first-order valence-electron chi connectivity index (χ1n) is 11.3. The van der Waals surface area contributed by atoms with Crippen LogP contribution >= 0.6 is 0 Å². The van der Waals surface area contributed by atoms with E-state index in [0.29, 0.717) is 19.0 Å². The molecule has 1 heterocycles. The van der Waals surface area contributed by atoms with Crippen LogP contribution in [-0.4, -0.2) is 73.4 Å². The number of benzene rings is 1. The molecule has 2 atom stereocenters. The summed E-state index contributed by atoms with van der Waals surface area (Å²) in [6, 6.07) is 1.53. The van der Waals surface area contributed by atoms with Crippen LogP contribution in [0, 0.1) is 11.7 Å². The van der Waals surface area contributed by atoms with E-state index in [9.17, 15) is 31.9 Å². The molecule has 3 rings (SSSR count). The van der Waals surface area contributed by atoms with Gasteiger partial charge in [0.25, 0.3) is 0 Å². The SMILES string of the molecule is CNC(=O)C[C@H]1CC(N(C(=O)NCc2ccc(OC(F)(F)F)cc2F)C2CC2)CN(C(=O)NC)C1. The number of amides is 5. The number of carbonyl (C=O) groups is 3. The number of nitrogens with zero attached hydrogens (tertiary/aromatic N) is 2. The Morgan fingerprint density at radius 3 is 2.40 bits per heavy atom. The summed E-state index contributed by atoms with van der Waals surface area (Å²) in [7, 11) is 3.04. The molecule has 13 heteroatoms. The number of ether oxygens (including phenoxy) is 1. The van der Waals surface area contributed by atoms with E-state index in [0.717, 1.165) is 25.0 Å². The van der Waals surface area contributed by atoms with Gasteiger partial charge < -0.3 is 30.5 Å². The maximum Gasteiger partial charge on any atom is 0.573 e. The Kier molecular flexibility index (Phi) is 8.28. The van der Waals surface area contributed by atoms with Crippen LogP contribution in [0.3, 0.4) is 0 Å². The van der Waals surface area contributed by atoms with Crippen LogP contribution in [0.4, 0.5) is 27.2 Å². The number of likely N-dealkylation sites (tertiary alicyclic amines) is 1. The van der Waals surface area contributed by atoms with Crippen molar-refractivity contribution in [1.82, 2.24) is 25.8 Å². The summed E-state index contributed by atoms with van der Waals surface area (Å²) < 4.78 is 55.0. The molecule has 0 aromatic heterocycles. The Bertz CT molecular complexity index is 941. The molecule has 3 N–H and O–H groups in total. The van der Waals surface area contributed by atoms with Crippen LogP contribution in [0.25, 0.3) is 0 Å². The molecule has 1 aliphatic carbocycles. The summed E-state index contributed by atoms with van der Waals surface area (Å²) in [6.07, 6.45) is -2.66. The Hall–Kier alpha value is -3.25. The van der Waals surface area contributed by atoms with Gasteiger partial charge in [-0.3, -0.25) is 4.79 Å². The zero-order chi connectivity index (χ0) is 25.8. The molecule has 194 valence electrons. The second-order valence-electron chi connectivity index (χ2n) is 8.69. The first kappa shape index (κ1) is 26.4. The molecule has 1 aromatic carbocycles. The van der Waals surface area contributed by atoms with Crippen molar-refractivity contribution in [3.63, 3.8) is 0 Å². The van der Waals surface area contributed by atoms with E-state index in [4.69, 9.17) is 0 Å². The molecule has 1 unspecified atom stereocenters. The summed E-state index contributed by atoms with van der Waals surface area (Å²) in [4.78, 5) is 40.6. The van der Waals surface area contributed by atoms with E-state index in [1.807, 2.05) is 0 Å². The minimum absolute atomic E-state index is 0.00301. The van der Waals surface area contributed by atoms with Crippen molar-refractivity contribution in [2.24, 2.45) is 5.92 Å². The van der Waals surface area contributed by atoms with Gasteiger partial charge in [-0.2, -0.15) is 0 Å². The van der Waals surface area contributed by atoms with Crippen molar-refractivity contribution < 1.29 is 36.7 Å². The average Bonchev–Trinajstić information content (AvgIpc) is 3.61. The number of halogens is 4. The van der Waals surface area contributed by atoms with Gasteiger partial charge in [0.15, 0.2) is 0 Å². The van der Waals surface area contributed by atoms with Gasteiger partial charge in [0.05, 0.1) is 6.04 Å². The first-order chi connectivity index (χ1) is 16.5. The highest BCUT2D eigenvalue weighted by atomic mass is 19.4. The van der Waals surface area contributed by atoms with E-state index in [1.165, 1.54) is 14.1 Å². The molecule has 35 heavy (non-hydrogen) atoms. The zero-order valence-electron chi connectivity index (χ0n) is 19.5. The molecule has 2 aliphatic rings. The normalized spacial score (nSPS) is 20.1. The first-order valence-corrected chi connectivity index (χ1v) is 11.3. The van der Waals surface area contributed by atoms with Crippen molar-refractivity contribution in [3.05, 3.63) is 29.6 Å². The highest BCUT2D eigenvalue weighted by Gasteiger charge is 2.42. The standard InChI is InChI=1S/C22H29F4N5O4/c1-27-19(32)8-13-7-16(12-30(11-13)20(33)28-2)31(15-4-5-15)21(34)29-10-14-3-6-17(9-18(14)23)35-22(24,25)26/h3,6,9,13,15-16H,4-5,7-8,10-12H2,1-2H3,(H,27,32)(H,28,33)(H,29,34)/t13-,16?/m1/s1. The fourth-order valence-electron chi connectivity index (χ4n) is 4.33. The predicted octanol–water partition coefficient (Wildman–Crippen LogP) is 2.56. The minimum atomic E-state index is -4.94. The number of rotatable bonds is 7. The topological polar surface area (TPSA) is 103 Å². The fourth-order valence-corrected chi connectivity index (χ4v) is 4.33. The Balaban J connectivity index is 1.69. The third kappa shape index (κ3) is 7.36. The van der Waals surface area contributed by atoms with Crippen LogP contribution < -0.4 is 20.7 Å². The molecular weight excluding hydrogens is 474 g/mol. The van der Waals surface area contributed by atoms with E-state index in [1.54, 1.807) is 9.80 Å². The summed E-state index contributed by atoms with van der Waals surface area (Å²) in [6.45, 7) is 0.417. The quantitative estimate of drug-likeness (QED) is 0.498. The number of piperidine rings is 1. The minimum Gasteiger partial charge on any atom is -0.406 e. The van der Waals surface area contributed by atoms with E-state index < -0.39 is 24.0 Å². The molecule has 0 bridgehead atoms. The van der Waals surface area contributed by atoms with Crippen molar-refractivity contribution in [2.75, 3.05) is 27.2 Å². The van der Waals surface area contributed by atoms with Crippen LogP contribution in [-0.2, 0) is 11.3 Å². The number of urea groups is 2. The smallest absolute Gasteiger partial charge is 0.406 e.